The van der Waals surface area contributed by atoms with Crippen molar-refractivity contribution < 1.29 is 4.74 Å². The predicted molar refractivity (Wildman–Crippen MR) is 58.6 cm³/mol. The molecular weight excluding hydrogens is 190 g/mol. The molecule has 0 unspecified atom stereocenters. The minimum Gasteiger partial charge on any atom is -0.381 e. The second-order valence-corrected chi connectivity index (χ2v) is 4.05. The number of aryl methyl sites for hydroxylation is 1. The highest BCUT2D eigenvalue weighted by Gasteiger charge is 2.28. The Morgan fingerprint density at radius 2 is 2.40 bits per heavy atom. The standard InChI is InChI=1S/C11H19N3O/c1-3-14-10(4-5-13-14)8-12-9-6-11(7-9)15-2/h4-5,9,11-12H,3,6-8H2,1-2H3. The van der Waals surface area contributed by atoms with Gasteiger partial charge >= 0.3 is 0 Å². The van der Waals surface area contributed by atoms with Crippen LogP contribution in [-0.2, 0) is 17.8 Å². The molecule has 0 saturated heterocycles. The van der Waals surface area contributed by atoms with Crippen molar-refractivity contribution >= 4 is 0 Å². The summed E-state index contributed by atoms with van der Waals surface area (Å²) in [6, 6.07) is 2.69. The van der Waals surface area contributed by atoms with Crippen LogP contribution in [0.1, 0.15) is 25.5 Å². The highest BCUT2D eigenvalue weighted by Crippen LogP contribution is 2.22. The molecule has 4 nitrogen and oxygen atoms in total. The van der Waals surface area contributed by atoms with Crippen LogP contribution in [0, 0.1) is 0 Å². The zero-order chi connectivity index (χ0) is 10.7. The second-order valence-electron chi connectivity index (χ2n) is 4.05. The number of ether oxygens (including phenoxy) is 1. The first-order valence-corrected chi connectivity index (χ1v) is 5.60. The van der Waals surface area contributed by atoms with Gasteiger partial charge in [0.1, 0.15) is 0 Å². The number of methoxy groups -OCH3 is 1. The summed E-state index contributed by atoms with van der Waals surface area (Å²) in [6.07, 6.45) is 4.60. The zero-order valence-electron chi connectivity index (χ0n) is 9.44. The minimum atomic E-state index is 0.471. The Bertz CT molecular complexity index is 305. The predicted octanol–water partition coefficient (Wildman–Crippen LogP) is 1.17. The molecule has 1 N–H and O–H groups in total. The van der Waals surface area contributed by atoms with Crippen LogP contribution in [0.5, 0.6) is 0 Å². The largest absolute Gasteiger partial charge is 0.381 e. The normalized spacial score (nSPS) is 25.2. The lowest BCUT2D eigenvalue weighted by atomic mass is 9.89. The summed E-state index contributed by atoms with van der Waals surface area (Å²) in [5.74, 6) is 0. The number of aromatic nitrogens is 2. The van der Waals surface area contributed by atoms with E-state index in [1.807, 2.05) is 10.9 Å². The van der Waals surface area contributed by atoms with Gasteiger partial charge in [0.2, 0.25) is 0 Å². The van der Waals surface area contributed by atoms with Gasteiger partial charge in [-0.2, -0.15) is 5.10 Å². The molecule has 0 atom stereocenters. The fraction of sp³-hybridized carbons (Fsp3) is 0.727. The van der Waals surface area contributed by atoms with Gasteiger partial charge in [-0.05, 0) is 25.8 Å². The van der Waals surface area contributed by atoms with Gasteiger partial charge in [0.25, 0.3) is 0 Å². The van der Waals surface area contributed by atoms with E-state index in [0.29, 0.717) is 12.1 Å². The van der Waals surface area contributed by atoms with Gasteiger partial charge in [0, 0.05) is 32.4 Å². The number of nitrogens with one attached hydrogen (secondary N) is 1. The number of hydrogen-bond acceptors (Lipinski definition) is 3. The molecule has 0 bridgehead atoms. The lowest BCUT2D eigenvalue weighted by Gasteiger charge is -2.34. The van der Waals surface area contributed by atoms with E-state index in [1.54, 1.807) is 7.11 Å². The second kappa shape index (κ2) is 4.77. The molecule has 0 spiro atoms. The highest BCUT2D eigenvalue weighted by atomic mass is 16.5. The molecule has 1 aliphatic carbocycles. The average Bonchev–Trinajstić information content (AvgIpc) is 2.63. The fourth-order valence-electron chi connectivity index (χ4n) is 1.97. The number of nitrogens with zero attached hydrogens (tertiary/aromatic N) is 2. The maximum atomic E-state index is 5.24. The van der Waals surface area contributed by atoms with E-state index in [2.05, 4.69) is 23.4 Å². The molecule has 1 saturated carbocycles. The summed E-state index contributed by atoms with van der Waals surface area (Å²) < 4.78 is 7.27. The van der Waals surface area contributed by atoms with Crippen molar-refractivity contribution in [1.29, 1.82) is 0 Å². The first-order chi connectivity index (χ1) is 7.33. The third-order valence-corrected chi connectivity index (χ3v) is 3.10. The van der Waals surface area contributed by atoms with E-state index in [1.165, 1.54) is 5.69 Å². The highest BCUT2D eigenvalue weighted by molar-refractivity contribution is 5.01. The molecule has 0 aliphatic heterocycles. The smallest absolute Gasteiger partial charge is 0.0601 e. The summed E-state index contributed by atoms with van der Waals surface area (Å²) in [5.41, 5.74) is 1.26. The topological polar surface area (TPSA) is 39.1 Å². The van der Waals surface area contributed by atoms with Crippen LogP contribution >= 0.6 is 0 Å². The number of hydrogen-bond donors (Lipinski definition) is 1. The molecule has 1 fully saturated rings. The lowest BCUT2D eigenvalue weighted by molar-refractivity contribution is 0.0168. The van der Waals surface area contributed by atoms with E-state index in [-0.39, 0.29) is 0 Å². The average molecular weight is 209 g/mol. The molecule has 0 radical (unpaired) electrons. The van der Waals surface area contributed by atoms with Crippen LogP contribution in [0.3, 0.4) is 0 Å². The fourth-order valence-corrected chi connectivity index (χ4v) is 1.97. The third-order valence-electron chi connectivity index (χ3n) is 3.10. The Balaban J connectivity index is 1.75. The molecule has 1 aromatic heterocycles. The van der Waals surface area contributed by atoms with Crippen LogP contribution in [0.25, 0.3) is 0 Å². The summed E-state index contributed by atoms with van der Waals surface area (Å²) in [7, 11) is 1.78. The SMILES string of the molecule is CCn1nccc1CNC1CC(OC)C1. The van der Waals surface area contributed by atoms with E-state index < -0.39 is 0 Å². The first kappa shape index (κ1) is 10.6. The van der Waals surface area contributed by atoms with Gasteiger partial charge in [-0.25, -0.2) is 0 Å². The van der Waals surface area contributed by atoms with Gasteiger partial charge in [-0.15, -0.1) is 0 Å². The first-order valence-electron chi connectivity index (χ1n) is 5.60. The molecule has 1 aliphatic rings. The van der Waals surface area contributed by atoms with Crippen LogP contribution in [0.15, 0.2) is 12.3 Å². The van der Waals surface area contributed by atoms with Gasteiger partial charge in [0.05, 0.1) is 11.8 Å². The van der Waals surface area contributed by atoms with E-state index in [9.17, 15) is 0 Å². The Kier molecular flexibility index (Phi) is 3.38. The van der Waals surface area contributed by atoms with E-state index in [4.69, 9.17) is 4.74 Å². The maximum absolute atomic E-state index is 5.24. The molecule has 84 valence electrons. The van der Waals surface area contributed by atoms with Crippen molar-refractivity contribution in [1.82, 2.24) is 15.1 Å². The molecule has 0 aromatic carbocycles. The van der Waals surface area contributed by atoms with Gasteiger partial charge < -0.3 is 10.1 Å². The molecule has 1 heterocycles. The van der Waals surface area contributed by atoms with Gasteiger partial charge in [-0.3, -0.25) is 4.68 Å². The summed E-state index contributed by atoms with van der Waals surface area (Å²) >= 11 is 0. The van der Waals surface area contributed by atoms with Crippen LogP contribution in [-0.4, -0.2) is 29.0 Å². The monoisotopic (exact) mass is 209 g/mol. The van der Waals surface area contributed by atoms with Crippen molar-refractivity contribution in [3.63, 3.8) is 0 Å². The van der Waals surface area contributed by atoms with Crippen molar-refractivity contribution in [3.8, 4) is 0 Å². The molecule has 15 heavy (non-hydrogen) atoms. The summed E-state index contributed by atoms with van der Waals surface area (Å²) in [6.45, 7) is 3.96. The maximum Gasteiger partial charge on any atom is 0.0601 e. The Hall–Kier alpha value is -0.870. The third kappa shape index (κ3) is 2.38. The van der Waals surface area contributed by atoms with Gasteiger partial charge in [0.15, 0.2) is 0 Å². The van der Waals surface area contributed by atoms with E-state index >= 15 is 0 Å². The van der Waals surface area contributed by atoms with Crippen molar-refractivity contribution in [2.24, 2.45) is 0 Å². The Morgan fingerprint density at radius 3 is 3.07 bits per heavy atom. The minimum absolute atomic E-state index is 0.471. The van der Waals surface area contributed by atoms with Crippen LogP contribution in [0.2, 0.25) is 0 Å². The van der Waals surface area contributed by atoms with Crippen molar-refractivity contribution in [2.75, 3.05) is 7.11 Å². The molecule has 2 rings (SSSR count). The Morgan fingerprint density at radius 1 is 1.60 bits per heavy atom. The zero-order valence-corrected chi connectivity index (χ0v) is 9.44. The molecule has 4 heteroatoms. The molecular formula is C11H19N3O. The van der Waals surface area contributed by atoms with Crippen LogP contribution in [0.4, 0.5) is 0 Å². The summed E-state index contributed by atoms with van der Waals surface area (Å²) in [5, 5.41) is 7.76. The number of rotatable bonds is 5. The quantitative estimate of drug-likeness (QED) is 0.791. The Labute approximate surface area is 90.6 Å². The lowest BCUT2D eigenvalue weighted by Crippen LogP contribution is -2.44. The van der Waals surface area contributed by atoms with Crippen molar-refractivity contribution in [2.45, 2.75) is 45.0 Å². The van der Waals surface area contributed by atoms with Gasteiger partial charge in [-0.1, -0.05) is 0 Å². The van der Waals surface area contributed by atoms with E-state index in [0.717, 1.165) is 25.9 Å². The molecule has 1 aromatic rings. The summed E-state index contributed by atoms with van der Waals surface area (Å²) in [4.78, 5) is 0. The van der Waals surface area contributed by atoms with Crippen LogP contribution < -0.4 is 5.32 Å². The van der Waals surface area contributed by atoms with Crippen molar-refractivity contribution in [3.05, 3.63) is 18.0 Å². The molecule has 0 amide bonds.